The van der Waals surface area contributed by atoms with Gasteiger partial charge in [-0.2, -0.15) is 13.2 Å². The fraction of sp³-hybridized carbons (Fsp3) is 0.231. The Labute approximate surface area is 122 Å². The Balaban J connectivity index is 2.47. The molecule has 106 valence electrons. The molecule has 0 aliphatic carbocycles. The van der Waals surface area contributed by atoms with Gasteiger partial charge in [-0.3, -0.25) is 0 Å². The van der Waals surface area contributed by atoms with Crippen LogP contribution in [0.15, 0.2) is 35.1 Å². The topological polar surface area (TPSA) is 51.8 Å². The summed E-state index contributed by atoms with van der Waals surface area (Å²) >= 11 is 3.04. The van der Waals surface area contributed by atoms with E-state index in [1.54, 1.807) is 0 Å². The maximum absolute atomic E-state index is 13.0. The minimum atomic E-state index is -4.46. The molecule has 20 heavy (non-hydrogen) atoms. The predicted molar refractivity (Wildman–Crippen MR) is 72.9 cm³/mol. The predicted octanol–water partition coefficient (Wildman–Crippen LogP) is 3.43. The van der Waals surface area contributed by atoms with Crippen molar-refractivity contribution < 1.29 is 13.2 Å². The number of alkyl halides is 3. The molecule has 0 aliphatic rings. The molecule has 0 atom stereocenters. The number of rotatable bonds is 3. The average Bonchev–Trinajstić information content (AvgIpc) is 2.39. The molecule has 2 N–H and O–H groups in total. The summed E-state index contributed by atoms with van der Waals surface area (Å²) in [4.78, 5) is 7.98. The molecule has 0 saturated carbocycles. The lowest BCUT2D eigenvalue weighted by Crippen LogP contribution is -2.09. The van der Waals surface area contributed by atoms with E-state index in [-0.39, 0.29) is 11.4 Å². The molecule has 0 amide bonds. The lowest BCUT2D eigenvalue weighted by atomic mass is 10.1. The molecule has 1 heterocycles. The molecule has 0 radical (unpaired) electrons. The van der Waals surface area contributed by atoms with E-state index in [0.717, 1.165) is 11.6 Å². The van der Waals surface area contributed by atoms with Crippen molar-refractivity contribution in [3.05, 3.63) is 46.2 Å². The van der Waals surface area contributed by atoms with Crippen LogP contribution < -0.4 is 5.73 Å². The zero-order chi connectivity index (χ0) is 14.8. The summed E-state index contributed by atoms with van der Waals surface area (Å²) in [6.07, 6.45) is -0.875. The van der Waals surface area contributed by atoms with Crippen LogP contribution in [0.25, 0.3) is 11.4 Å². The first-order valence-electron chi connectivity index (χ1n) is 5.80. The van der Waals surface area contributed by atoms with Gasteiger partial charge in [0.15, 0.2) is 5.82 Å². The standard InChI is InChI=1S/C13H11BrF3N3/c14-9-1-2-10(11(5-9)13(15,16)17)12-19-6-8(3-4-18)7-20-12/h1-2,5-7H,3-4,18H2. The second-order valence-corrected chi connectivity index (χ2v) is 5.06. The largest absolute Gasteiger partial charge is 0.417 e. The quantitative estimate of drug-likeness (QED) is 0.927. The second-order valence-electron chi connectivity index (χ2n) is 4.14. The molecule has 0 aliphatic heterocycles. The summed E-state index contributed by atoms with van der Waals surface area (Å²) in [5.41, 5.74) is 5.38. The first-order chi connectivity index (χ1) is 9.41. The van der Waals surface area contributed by atoms with Crippen molar-refractivity contribution in [3.63, 3.8) is 0 Å². The van der Waals surface area contributed by atoms with Gasteiger partial charge in [-0.05, 0) is 36.7 Å². The summed E-state index contributed by atoms with van der Waals surface area (Å²) in [6.45, 7) is 0.439. The minimum absolute atomic E-state index is 0.0417. The highest BCUT2D eigenvalue weighted by atomic mass is 79.9. The third-order valence-corrected chi connectivity index (χ3v) is 3.16. The van der Waals surface area contributed by atoms with E-state index in [4.69, 9.17) is 5.73 Å². The van der Waals surface area contributed by atoms with E-state index in [1.165, 1.54) is 24.5 Å². The van der Waals surface area contributed by atoms with Crippen molar-refractivity contribution in [2.24, 2.45) is 5.73 Å². The Hall–Kier alpha value is -1.47. The van der Waals surface area contributed by atoms with Crippen LogP contribution in [0.5, 0.6) is 0 Å². The number of benzene rings is 1. The van der Waals surface area contributed by atoms with Gasteiger partial charge in [0.25, 0.3) is 0 Å². The van der Waals surface area contributed by atoms with Crippen molar-refractivity contribution in [1.29, 1.82) is 0 Å². The fourth-order valence-electron chi connectivity index (χ4n) is 1.74. The van der Waals surface area contributed by atoms with Crippen LogP contribution in [-0.4, -0.2) is 16.5 Å². The minimum Gasteiger partial charge on any atom is -0.330 e. The molecule has 0 saturated heterocycles. The number of aromatic nitrogens is 2. The average molecular weight is 346 g/mol. The number of hydrogen-bond acceptors (Lipinski definition) is 3. The molecule has 1 aromatic heterocycles. The van der Waals surface area contributed by atoms with Crippen LogP contribution in [0, 0.1) is 0 Å². The third kappa shape index (κ3) is 3.34. The molecule has 0 bridgehead atoms. The molecular weight excluding hydrogens is 335 g/mol. The first kappa shape index (κ1) is 14.9. The summed E-state index contributed by atoms with van der Waals surface area (Å²) in [6, 6.07) is 3.90. The highest BCUT2D eigenvalue weighted by Crippen LogP contribution is 2.37. The van der Waals surface area contributed by atoms with Gasteiger partial charge in [0, 0.05) is 22.4 Å². The van der Waals surface area contributed by atoms with Crippen LogP contribution in [0.1, 0.15) is 11.1 Å². The highest BCUT2D eigenvalue weighted by molar-refractivity contribution is 9.10. The van der Waals surface area contributed by atoms with Crippen LogP contribution in [0.3, 0.4) is 0 Å². The molecular formula is C13H11BrF3N3. The molecule has 0 unspecified atom stereocenters. The van der Waals surface area contributed by atoms with Gasteiger partial charge >= 0.3 is 6.18 Å². The van der Waals surface area contributed by atoms with E-state index >= 15 is 0 Å². The number of halogens is 4. The van der Waals surface area contributed by atoms with Crippen molar-refractivity contribution in [2.75, 3.05) is 6.54 Å². The number of nitrogens with zero attached hydrogens (tertiary/aromatic N) is 2. The Morgan fingerprint density at radius 2 is 1.80 bits per heavy atom. The zero-order valence-electron chi connectivity index (χ0n) is 10.3. The van der Waals surface area contributed by atoms with Gasteiger partial charge < -0.3 is 5.73 Å². The molecule has 3 nitrogen and oxygen atoms in total. The second kappa shape index (κ2) is 5.88. The van der Waals surface area contributed by atoms with Crippen LogP contribution in [0.2, 0.25) is 0 Å². The Bertz CT molecular complexity index is 597. The molecule has 0 fully saturated rings. The monoisotopic (exact) mass is 345 g/mol. The molecule has 1 aromatic carbocycles. The Kier molecular flexibility index (Phi) is 4.39. The fourth-order valence-corrected chi connectivity index (χ4v) is 2.10. The first-order valence-corrected chi connectivity index (χ1v) is 6.59. The van der Waals surface area contributed by atoms with Gasteiger partial charge in [-0.25, -0.2) is 9.97 Å². The molecule has 7 heteroatoms. The maximum atomic E-state index is 13.0. The van der Waals surface area contributed by atoms with Crippen molar-refractivity contribution in [1.82, 2.24) is 9.97 Å². The maximum Gasteiger partial charge on any atom is 0.417 e. The van der Waals surface area contributed by atoms with Gasteiger partial charge in [-0.15, -0.1) is 0 Å². The number of hydrogen-bond donors (Lipinski definition) is 1. The van der Waals surface area contributed by atoms with Crippen LogP contribution >= 0.6 is 15.9 Å². The van der Waals surface area contributed by atoms with Crippen molar-refractivity contribution >= 4 is 15.9 Å². The third-order valence-electron chi connectivity index (χ3n) is 2.67. The normalized spacial score (nSPS) is 11.7. The van der Waals surface area contributed by atoms with Gasteiger partial charge in [-0.1, -0.05) is 15.9 Å². The van der Waals surface area contributed by atoms with Crippen LogP contribution in [-0.2, 0) is 12.6 Å². The zero-order valence-corrected chi connectivity index (χ0v) is 11.9. The van der Waals surface area contributed by atoms with E-state index in [9.17, 15) is 13.2 Å². The summed E-state index contributed by atoms with van der Waals surface area (Å²) in [5, 5.41) is 0. The Morgan fingerprint density at radius 3 is 2.35 bits per heavy atom. The van der Waals surface area contributed by atoms with Crippen molar-refractivity contribution in [2.45, 2.75) is 12.6 Å². The lowest BCUT2D eigenvalue weighted by molar-refractivity contribution is -0.137. The molecule has 2 aromatic rings. The highest BCUT2D eigenvalue weighted by Gasteiger charge is 2.34. The molecule has 2 rings (SSSR count). The van der Waals surface area contributed by atoms with Gasteiger partial charge in [0.2, 0.25) is 0 Å². The van der Waals surface area contributed by atoms with E-state index in [1.807, 2.05) is 0 Å². The lowest BCUT2D eigenvalue weighted by Gasteiger charge is -2.12. The van der Waals surface area contributed by atoms with E-state index in [0.29, 0.717) is 17.4 Å². The number of nitrogens with two attached hydrogens (primary N) is 1. The van der Waals surface area contributed by atoms with E-state index < -0.39 is 11.7 Å². The SMILES string of the molecule is NCCc1cnc(-c2ccc(Br)cc2C(F)(F)F)nc1. The smallest absolute Gasteiger partial charge is 0.330 e. The summed E-state index contributed by atoms with van der Waals surface area (Å²) in [7, 11) is 0. The van der Waals surface area contributed by atoms with Crippen molar-refractivity contribution in [3.8, 4) is 11.4 Å². The Morgan fingerprint density at radius 1 is 1.15 bits per heavy atom. The van der Waals surface area contributed by atoms with Gasteiger partial charge in [0.1, 0.15) is 0 Å². The van der Waals surface area contributed by atoms with Crippen LogP contribution in [0.4, 0.5) is 13.2 Å². The summed E-state index contributed by atoms with van der Waals surface area (Å²) < 4.78 is 39.4. The summed E-state index contributed by atoms with van der Waals surface area (Å²) in [5.74, 6) is 0.0468. The van der Waals surface area contributed by atoms with Gasteiger partial charge in [0.05, 0.1) is 5.56 Å². The van der Waals surface area contributed by atoms with E-state index in [2.05, 4.69) is 25.9 Å². The molecule has 0 spiro atoms.